The largest absolute Gasteiger partial charge is 0.395 e. The van der Waals surface area contributed by atoms with E-state index in [0.29, 0.717) is 32.1 Å². The van der Waals surface area contributed by atoms with Gasteiger partial charge in [-0.15, -0.1) is 12.4 Å². The summed E-state index contributed by atoms with van der Waals surface area (Å²) >= 11 is 0. The molecule has 2 rings (SSSR count). The summed E-state index contributed by atoms with van der Waals surface area (Å²) in [7, 11) is -3.39. The molecule has 0 saturated carbocycles. The van der Waals surface area contributed by atoms with Crippen molar-refractivity contribution in [3.8, 4) is 0 Å². The standard InChI is InChI=1S/C15H31N3O3S.ClH/c1-2-7-14-12-17(10-11-19)13-15(14)16-22(20,21)18-8-5-3-4-6-9-18;/h14-16,19H,2-13H2,1H3;1H/t14-,15-;/m0./s1. The van der Waals surface area contributed by atoms with Crippen molar-refractivity contribution in [3.05, 3.63) is 0 Å². The fourth-order valence-corrected chi connectivity index (χ4v) is 5.17. The lowest BCUT2D eigenvalue weighted by Gasteiger charge is -2.25. The third-order valence-corrected chi connectivity index (χ3v) is 6.44. The number of aliphatic hydroxyl groups is 1. The number of halogens is 1. The molecular weight excluding hydrogens is 338 g/mol. The highest BCUT2D eigenvalue weighted by atomic mass is 35.5. The average Bonchev–Trinajstić information content (AvgIpc) is 2.69. The molecule has 0 unspecified atom stereocenters. The molecule has 2 fully saturated rings. The van der Waals surface area contributed by atoms with Crippen LogP contribution in [0.2, 0.25) is 0 Å². The van der Waals surface area contributed by atoms with Crippen LogP contribution in [0.5, 0.6) is 0 Å². The fourth-order valence-electron chi connectivity index (χ4n) is 3.63. The monoisotopic (exact) mass is 369 g/mol. The summed E-state index contributed by atoms with van der Waals surface area (Å²) in [6.45, 7) is 5.75. The molecule has 6 nitrogen and oxygen atoms in total. The molecule has 0 aromatic rings. The normalized spacial score (nSPS) is 27.6. The van der Waals surface area contributed by atoms with Crippen LogP contribution in [0.25, 0.3) is 0 Å². The molecule has 0 bridgehead atoms. The van der Waals surface area contributed by atoms with Crippen molar-refractivity contribution in [2.75, 3.05) is 39.3 Å². The van der Waals surface area contributed by atoms with E-state index in [0.717, 1.165) is 45.1 Å². The minimum atomic E-state index is -3.39. The van der Waals surface area contributed by atoms with E-state index < -0.39 is 10.2 Å². The van der Waals surface area contributed by atoms with Crippen molar-refractivity contribution >= 4 is 22.6 Å². The van der Waals surface area contributed by atoms with Crippen molar-refractivity contribution in [1.82, 2.24) is 13.9 Å². The lowest BCUT2D eigenvalue weighted by atomic mass is 9.99. The predicted molar refractivity (Wildman–Crippen MR) is 95.1 cm³/mol. The van der Waals surface area contributed by atoms with Crippen molar-refractivity contribution in [2.45, 2.75) is 51.5 Å². The number of nitrogens with one attached hydrogen (secondary N) is 1. The third-order valence-electron chi connectivity index (χ3n) is 4.80. The van der Waals surface area contributed by atoms with Crippen LogP contribution in [0.15, 0.2) is 0 Å². The zero-order valence-electron chi connectivity index (χ0n) is 14.1. The van der Waals surface area contributed by atoms with Gasteiger partial charge in [0, 0.05) is 38.8 Å². The summed E-state index contributed by atoms with van der Waals surface area (Å²) in [6.07, 6.45) is 6.24. The molecule has 0 spiro atoms. The Morgan fingerprint density at radius 2 is 1.78 bits per heavy atom. The van der Waals surface area contributed by atoms with Gasteiger partial charge in [-0.25, -0.2) is 0 Å². The predicted octanol–water partition coefficient (Wildman–Crippen LogP) is 1.21. The van der Waals surface area contributed by atoms with Gasteiger partial charge in [0.1, 0.15) is 0 Å². The fraction of sp³-hybridized carbons (Fsp3) is 1.00. The highest BCUT2D eigenvalue weighted by Crippen LogP contribution is 2.23. The van der Waals surface area contributed by atoms with Gasteiger partial charge >= 0.3 is 0 Å². The molecule has 8 heteroatoms. The maximum absolute atomic E-state index is 12.7. The Morgan fingerprint density at radius 3 is 2.35 bits per heavy atom. The SMILES string of the molecule is CCC[C@H]1CN(CCO)C[C@@H]1NS(=O)(=O)N1CCCCCC1.Cl. The van der Waals surface area contributed by atoms with E-state index in [1.807, 2.05) is 0 Å². The van der Waals surface area contributed by atoms with Crippen LogP contribution in [0.1, 0.15) is 45.4 Å². The van der Waals surface area contributed by atoms with Crippen molar-refractivity contribution in [2.24, 2.45) is 5.92 Å². The van der Waals surface area contributed by atoms with Crippen molar-refractivity contribution in [1.29, 1.82) is 0 Å². The maximum Gasteiger partial charge on any atom is 0.279 e. The number of β-amino-alcohol motifs (C(OH)–C–C–N with tert-alkyl or cyclic N) is 1. The average molecular weight is 370 g/mol. The quantitative estimate of drug-likeness (QED) is 0.707. The molecule has 2 atom stereocenters. The highest BCUT2D eigenvalue weighted by Gasteiger charge is 2.36. The van der Waals surface area contributed by atoms with Gasteiger partial charge in [0.15, 0.2) is 0 Å². The molecule has 23 heavy (non-hydrogen) atoms. The first kappa shape index (κ1) is 21.1. The summed E-state index contributed by atoms with van der Waals surface area (Å²) in [5, 5.41) is 9.11. The van der Waals surface area contributed by atoms with Crippen molar-refractivity contribution in [3.63, 3.8) is 0 Å². The Bertz CT molecular complexity index is 428. The van der Waals surface area contributed by atoms with E-state index in [-0.39, 0.29) is 25.1 Å². The Morgan fingerprint density at radius 1 is 1.13 bits per heavy atom. The molecule has 2 aliphatic rings. The van der Waals surface area contributed by atoms with E-state index in [9.17, 15) is 8.42 Å². The molecule has 0 aromatic carbocycles. The number of hydrogen-bond donors (Lipinski definition) is 2. The molecule has 2 N–H and O–H groups in total. The van der Waals surface area contributed by atoms with Gasteiger partial charge in [-0.05, 0) is 25.2 Å². The first-order valence-corrected chi connectivity index (χ1v) is 10.1. The first-order valence-electron chi connectivity index (χ1n) is 8.67. The highest BCUT2D eigenvalue weighted by molar-refractivity contribution is 7.87. The summed E-state index contributed by atoms with van der Waals surface area (Å²) < 4.78 is 29.9. The smallest absolute Gasteiger partial charge is 0.279 e. The zero-order valence-corrected chi connectivity index (χ0v) is 15.7. The zero-order chi connectivity index (χ0) is 16.0. The minimum absolute atomic E-state index is 0. The van der Waals surface area contributed by atoms with Crippen LogP contribution < -0.4 is 4.72 Å². The van der Waals surface area contributed by atoms with Gasteiger partial charge in [-0.1, -0.05) is 26.2 Å². The van der Waals surface area contributed by atoms with Gasteiger partial charge in [0.25, 0.3) is 10.2 Å². The second-order valence-corrected chi connectivity index (χ2v) is 8.28. The number of rotatable bonds is 7. The van der Waals surface area contributed by atoms with E-state index in [2.05, 4.69) is 16.5 Å². The Balaban J connectivity index is 0.00000264. The molecule has 0 radical (unpaired) electrons. The van der Waals surface area contributed by atoms with E-state index >= 15 is 0 Å². The number of likely N-dealkylation sites (tertiary alicyclic amines) is 1. The minimum Gasteiger partial charge on any atom is -0.395 e. The van der Waals surface area contributed by atoms with Gasteiger partial charge in [0.2, 0.25) is 0 Å². The van der Waals surface area contributed by atoms with E-state index in [1.165, 1.54) is 0 Å². The summed E-state index contributed by atoms with van der Waals surface area (Å²) in [6, 6.07) is -0.0280. The Kier molecular flexibility index (Phi) is 9.33. The summed E-state index contributed by atoms with van der Waals surface area (Å²) in [5.41, 5.74) is 0. The molecular formula is C15H32ClN3O3S. The molecule has 0 aliphatic carbocycles. The number of hydrogen-bond acceptors (Lipinski definition) is 4. The van der Waals surface area contributed by atoms with Crippen LogP contribution >= 0.6 is 12.4 Å². The van der Waals surface area contributed by atoms with Gasteiger partial charge in [0.05, 0.1) is 6.61 Å². The van der Waals surface area contributed by atoms with E-state index in [1.54, 1.807) is 4.31 Å². The third kappa shape index (κ3) is 6.14. The molecule has 0 amide bonds. The van der Waals surface area contributed by atoms with Crippen molar-refractivity contribution < 1.29 is 13.5 Å². The lowest BCUT2D eigenvalue weighted by Crippen LogP contribution is -2.48. The summed E-state index contributed by atoms with van der Waals surface area (Å²) in [5.74, 6) is 0.346. The summed E-state index contributed by atoms with van der Waals surface area (Å²) in [4.78, 5) is 2.16. The molecule has 2 saturated heterocycles. The first-order chi connectivity index (χ1) is 10.6. The van der Waals surface area contributed by atoms with Crippen LogP contribution in [0, 0.1) is 5.92 Å². The molecule has 2 heterocycles. The number of aliphatic hydroxyl groups excluding tert-OH is 1. The second-order valence-electron chi connectivity index (χ2n) is 6.57. The van der Waals surface area contributed by atoms with Gasteiger partial charge in [-0.2, -0.15) is 17.4 Å². The van der Waals surface area contributed by atoms with E-state index in [4.69, 9.17) is 5.11 Å². The Hall–Kier alpha value is 0.0800. The maximum atomic E-state index is 12.7. The molecule has 0 aromatic heterocycles. The molecule has 138 valence electrons. The van der Waals surface area contributed by atoms with Gasteiger partial charge in [-0.3, -0.25) is 4.90 Å². The van der Waals surface area contributed by atoms with Crippen LogP contribution in [0.4, 0.5) is 0 Å². The topological polar surface area (TPSA) is 72.9 Å². The van der Waals surface area contributed by atoms with Crippen LogP contribution in [-0.2, 0) is 10.2 Å². The second kappa shape index (κ2) is 10.2. The van der Waals surface area contributed by atoms with Crippen LogP contribution in [0.3, 0.4) is 0 Å². The van der Waals surface area contributed by atoms with Crippen LogP contribution in [-0.4, -0.2) is 68.1 Å². The number of nitrogens with zero attached hydrogens (tertiary/aromatic N) is 2. The molecule has 2 aliphatic heterocycles. The van der Waals surface area contributed by atoms with Gasteiger partial charge < -0.3 is 5.11 Å². The Labute approximate surface area is 147 Å². The lowest BCUT2D eigenvalue weighted by molar-refractivity contribution is 0.216.